The zero-order valence-electron chi connectivity index (χ0n) is 10.2. The Morgan fingerprint density at radius 3 is 2.28 bits per heavy atom. The highest BCUT2D eigenvalue weighted by molar-refractivity contribution is 8.02. The van der Waals surface area contributed by atoms with Crippen molar-refractivity contribution in [3.63, 3.8) is 0 Å². The normalized spacial score (nSPS) is 24.9. The Bertz CT molecular complexity index is 374. The molecule has 0 saturated heterocycles. The second-order valence-corrected chi connectivity index (χ2v) is 5.35. The van der Waals surface area contributed by atoms with Gasteiger partial charge < -0.3 is 9.47 Å². The first kappa shape index (κ1) is 14.9. The molecule has 0 spiro atoms. The summed E-state index contributed by atoms with van der Waals surface area (Å²) in [5.41, 5.74) is 11.2. The molecule has 0 aromatic heterocycles. The van der Waals surface area contributed by atoms with Crippen molar-refractivity contribution in [2.75, 3.05) is 13.7 Å². The second kappa shape index (κ2) is 5.63. The Hall–Kier alpha value is -1.19. The first-order chi connectivity index (χ1) is 8.32. The van der Waals surface area contributed by atoms with Gasteiger partial charge in [0.25, 0.3) is 0 Å². The minimum atomic E-state index is -1.44. The fourth-order valence-corrected chi connectivity index (χ4v) is 2.61. The Morgan fingerprint density at radius 2 is 1.83 bits per heavy atom. The van der Waals surface area contributed by atoms with Gasteiger partial charge in [0.2, 0.25) is 5.12 Å². The minimum Gasteiger partial charge on any atom is -0.469 e. The average Bonchev–Trinajstić information content (AvgIpc) is 2.54. The summed E-state index contributed by atoms with van der Waals surface area (Å²) in [7, 11) is 1.25. The lowest BCUT2D eigenvalue weighted by molar-refractivity contribution is -0.145. The van der Waals surface area contributed by atoms with Crippen LogP contribution in [0.4, 0.5) is 0 Å². The van der Waals surface area contributed by atoms with Crippen LogP contribution in [-0.2, 0) is 19.1 Å². The maximum Gasteiger partial charge on any atom is 0.309 e. The van der Waals surface area contributed by atoms with E-state index in [-0.39, 0.29) is 19.4 Å². The lowest BCUT2D eigenvalue weighted by atomic mass is 10.1. The minimum absolute atomic E-state index is 0.139. The molecule has 1 heterocycles. The number of hydrogen-bond donors (Lipinski definition) is 2. The van der Waals surface area contributed by atoms with E-state index >= 15 is 0 Å². The predicted octanol–water partition coefficient (Wildman–Crippen LogP) is -0.0733. The molecule has 0 bridgehead atoms. The Balaban J connectivity index is 2.80. The van der Waals surface area contributed by atoms with Crippen LogP contribution in [0.2, 0.25) is 0 Å². The highest BCUT2D eigenvalue weighted by Gasteiger charge is 2.47. The van der Waals surface area contributed by atoms with Gasteiger partial charge in [0.15, 0.2) is 4.87 Å². The van der Waals surface area contributed by atoms with Gasteiger partial charge in [-0.3, -0.25) is 21.1 Å². The molecule has 0 fully saturated rings. The summed E-state index contributed by atoms with van der Waals surface area (Å²) in [5.74, 6) is -1.02. The smallest absolute Gasteiger partial charge is 0.309 e. The number of ether oxygens (including phenoxy) is 2. The summed E-state index contributed by atoms with van der Waals surface area (Å²) in [4.78, 5) is 21.7. The number of thioether (sulfide) groups is 1. The Kier molecular flexibility index (Phi) is 4.65. The SMILES string of the molecule is CCOC(=O)CC1(CC(=O)OC)N=NC(N)(N)S1. The second-order valence-electron chi connectivity index (χ2n) is 3.73. The van der Waals surface area contributed by atoms with Crippen LogP contribution < -0.4 is 11.5 Å². The summed E-state index contributed by atoms with van der Waals surface area (Å²) >= 11 is 0.934. The van der Waals surface area contributed by atoms with Gasteiger partial charge in [-0.1, -0.05) is 11.8 Å². The number of azo groups is 1. The fourth-order valence-electron chi connectivity index (χ4n) is 1.46. The van der Waals surface area contributed by atoms with Gasteiger partial charge in [-0.15, -0.1) is 5.11 Å². The molecule has 0 aromatic rings. The number of carbonyl (C=O) groups is 2. The number of methoxy groups -OCH3 is 1. The van der Waals surface area contributed by atoms with Crippen LogP contribution in [-0.4, -0.2) is 35.6 Å². The molecule has 1 atom stereocenters. The van der Waals surface area contributed by atoms with Crippen molar-refractivity contribution >= 4 is 23.7 Å². The summed E-state index contributed by atoms with van der Waals surface area (Å²) < 4.78 is 9.38. The maximum absolute atomic E-state index is 11.5. The first-order valence-corrected chi connectivity index (χ1v) is 6.08. The zero-order chi connectivity index (χ0) is 13.8. The molecule has 8 nitrogen and oxygen atoms in total. The molecule has 4 N–H and O–H groups in total. The van der Waals surface area contributed by atoms with Crippen molar-refractivity contribution in [3.8, 4) is 0 Å². The molecule has 18 heavy (non-hydrogen) atoms. The summed E-state index contributed by atoms with van der Waals surface area (Å²) in [6.45, 7) is 1.93. The van der Waals surface area contributed by atoms with E-state index in [1.807, 2.05) is 0 Å². The fraction of sp³-hybridized carbons (Fsp3) is 0.778. The van der Waals surface area contributed by atoms with Gasteiger partial charge >= 0.3 is 11.9 Å². The number of hydrogen-bond acceptors (Lipinski definition) is 9. The topological polar surface area (TPSA) is 129 Å². The third kappa shape index (κ3) is 3.93. The predicted molar refractivity (Wildman–Crippen MR) is 64.2 cm³/mol. The van der Waals surface area contributed by atoms with Crippen LogP contribution in [0.5, 0.6) is 0 Å². The molecule has 0 aliphatic carbocycles. The average molecular weight is 276 g/mol. The van der Waals surface area contributed by atoms with Crippen LogP contribution in [0.1, 0.15) is 19.8 Å². The third-order valence-electron chi connectivity index (χ3n) is 2.12. The van der Waals surface area contributed by atoms with Gasteiger partial charge in [-0.25, -0.2) is 0 Å². The number of rotatable bonds is 5. The molecule has 102 valence electrons. The zero-order valence-corrected chi connectivity index (χ0v) is 11.0. The Morgan fingerprint density at radius 1 is 1.22 bits per heavy atom. The van der Waals surface area contributed by atoms with Crippen molar-refractivity contribution < 1.29 is 19.1 Å². The molecule has 0 amide bonds. The van der Waals surface area contributed by atoms with Crippen LogP contribution in [0.25, 0.3) is 0 Å². The van der Waals surface area contributed by atoms with Gasteiger partial charge in [0, 0.05) is 0 Å². The summed E-state index contributed by atoms with van der Waals surface area (Å²) in [6.07, 6.45) is -0.285. The van der Waals surface area contributed by atoms with Gasteiger partial charge in [-0.2, -0.15) is 5.11 Å². The summed E-state index contributed by atoms with van der Waals surface area (Å²) in [5, 5.41) is 6.07. The molecule has 1 aliphatic heterocycles. The van der Waals surface area contributed by atoms with E-state index in [9.17, 15) is 9.59 Å². The number of nitrogens with two attached hydrogens (primary N) is 2. The molecule has 0 saturated carbocycles. The van der Waals surface area contributed by atoms with E-state index < -0.39 is 21.9 Å². The number of carbonyl (C=O) groups excluding carboxylic acids is 2. The molecular formula is C9H16N4O4S. The highest BCUT2D eigenvalue weighted by Crippen LogP contribution is 2.45. The third-order valence-corrected chi connectivity index (χ3v) is 3.28. The monoisotopic (exact) mass is 276 g/mol. The molecule has 1 rings (SSSR count). The lowest BCUT2D eigenvalue weighted by Gasteiger charge is -2.23. The van der Waals surface area contributed by atoms with Gasteiger partial charge in [0.1, 0.15) is 0 Å². The van der Waals surface area contributed by atoms with E-state index in [4.69, 9.17) is 16.2 Å². The molecule has 0 radical (unpaired) electrons. The first-order valence-electron chi connectivity index (χ1n) is 5.27. The van der Waals surface area contributed by atoms with Crippen LogP contribution in [0, 0.1) is 0 Å². The summed E-state index contributed by atoms with van der Waals surface area (Å²) in [6, 6.07) is 0. The lowest BCUT2D eigenvalue weighted by Crippen LogP contribution is -2.44. The van der Waals surface area contributed by atoms with Gasteiger partial charge in [0.05, 0.1) is 26.6 Å². The Labute approximate surface area is 108 Å². The van der Waals surface area contributed by atoms with Crippen molar-refractivity contribution in [1.82, 2.24) is 0 Å². The van der Waals surface area contributed by atoms with Gasteiger partial charge in [-0.05, 0) is 6.92 Å². The highest BCUT2D eigenvalue weighted by atomic mass is 32.2. The standard InChI is InChI=1S/C9H16N4O4S/c1-3-17-7(15)5-8(4-6(14)16-2)12-13-9(10,11)18-8/h3-5,10-11H2,1-2H3. The van der Waals surface area contributed by atoms with Crippen molar-refractivity contribution in [2.24, 2.45) is 21.7 Å². The van der Waals surface area contributed by atoms with Crippen molar-refractivity contribution in [3.05, 3.63) is 0 Å². The molecule has 1 unspecified atom stereocenters. The molecule has 9 heteroatoms. The van der Waals surface area contributed by atoms with E-state index in [1.165, 1.54) is 7.11 Å². The van der Waals surface area contributed by atoms with Crippen LogP contribution in [0.3, 0.4) is 0 Å². The molecule has 0 aromatic carbocycles. The number of esters is 2. The molecule has 1 aliphatic rings. The van der Waals surface area contributed by atoms with E-state index in [0.29, 0.717) is 0 Å². The van der Waals surface area contributed by atoms with Crippen LogP contribution >= 0.6 is 11.8 Å². The quantitative estimate of drug-likeness (QED) is 0.531. The largest absolute Gasteiger partial charge is 0.469 e. The van der Waals surface area contributed by atoms with Crippen molar-refractivity contribution in [2.45, 2.75) is 29.8 Å². The van der Waals surface area contributed by atoms with E-state index in [1.54, 1.807) is 6.92 Å². The van der Waals surface area contributed by atoms with E-state index in [2.05, 4.69) is 15.0 Å². The van der Waals surface area contributed by atoms with Crippen LogP contribution in [0.15, 0.2) is 10.2 Å². The number of nitrogens with zero attached hydrogens (tertiary/aromatic N) is 2. The maximum atomic E-state index is 11.5. The van der Waals surface area contributed by atoms with E-state index in [0.717, 1.165) is 11.8 Å². The van der Waals surface area contributed by atoms with Crippen molar-refractivity contribution in [1.29, 1.82) is 0 Å². The molecular weight excluding hydrogens is 260 g/mol.